The molecule has 3 aromatic rings. The molecular formula is C19H20N4O3. The van der Waals surface area contributed by atoms with Gasteiger partial charge in [-0.25, -0.2) is 0 Å². The number of nitrogens with one attached hydrogen (secondary N) is 1. The Kier molecular flexibility index (Phi) is 5.58. The molecule has 2 heterocycles. The molecule has 0 fully saturated rings. The molecule has 0 saturated heterocycles. The second-order valence-electron chi connectivity index (χ2n) is 5.80. The summed E-state index contributed by atoms with van der Waals surface area (Å²) in [5.74, 6) is 1.34. The van der Waals surface area contributed by atoms with Crippen molar-refractivity contribution in [3.05, 3.63) is 71.1 Å². The van der Waals surface area contributed by atoms with Crippen LogP contribution in [-0.2, 0) is 12.8 Å². The molecule has 0 aliphatic carbocycles. The zero-order valence-electron chi connectivity index (χ0n) is 14.7. The Morgan fingerprint density at radius 2 is 2.08 bits per heavy atom. The smallest absolute Gasteiger partial charge is 0.255 e. The van der Waals surface area contributed by atoms with Crippen molar-refractivity contribution in [1.29, 1.82) is 0 Å². The van der Waals surface area contributed by atoms with Crippen molar-refractivity contribution in [3.63, 3.8) is 0 Å². The SMILES string of the molecule is COc1cnc(C)cc1C(=O)NCCc1nc(Cc2ccccc2)no1. The summed E-state index contributed by atoms with van der Waals surface area (Å²) in [7, 11) is 1.51. The fourth-order valence-corrected chi connectivity index (χ4v) is 2.51. The number of amides is 1. The minimum absolute atomic E-state index is 0.226. The van der Waals surface area contributed by atoms with Gasteiger partial charge in [0.1, 0.15) is 5.75 Å². The standard InChI is InChI=1S/C19H20N4O3/c1-13-10-15(16(25-2)12-21-13)19(24)20-9-8-18-22-17(23-26-18)11-14-6-4-3-5-7-14/h3-7,10,12H,8-9,11H2,1-2H3,(H,20,24). The van der Waals surface area contributed by atoms with E-state index in [1.54, 1.807) is 6.07 Å². The zero-order valence-corrected chi connectivity index (χ0v) is 14.7. The number of hydrogen-bond acceptors (Lipinski definition) is 6. The van der Waals surface area contributed by atoms with Crippen molar-refractivity contribution >= 4 is 5.91 Å². The molecule has 26 heavy (non-hydrogen) atoms. The van der Waals surface area contributed by atoms with Crippen molar-refractivity contribution in [2.75, 3.05) is 13.7 Å². The lowest BCUT2D eigenvalue weighted by Crippen LogP contribution is -2.26. The van der Waals surface area contributed by atoms with Gasteiger partial charge in [0, 0.05) is 25.1 Å². The van der Waals surface area contributed by atoms with Crippen LogP contribution in [0, 0.1) is 6.92 Å². The number of benzene rings is 1. The average molecular weight is 352 g/mol. The fourth-order valence-electron chi connectivity index (χ4n) is 2.51. The highest BCUT2D eigenvalue weighted by molar-refractivity contribution is 5.96. The topological polar surface area (TPSA) is 90.1 Å². The molecule has 0 unspecified atom stereocenters. The predicted octanol–water partition coefficient (Wildman–Crippen LogP) is 2.34. The second-order valence-corrected chi connectivity index (χ2v) is 5.80. The molecule has 0 saturated carbocycles. The van der Waals surface area contributed by atoms with Crippen molar-refractivity contribution in [3.8, 4) is 5.75 Å². The highest BCUT2D eigenvalue weighted by atomic mass is 16.5. The Morgan fingerprint density at radius 1 is 1.27 bits per heavy atom. The Labute approximate surface area is 151 Å². The van der Waals surface area contributed by atoms with Crippen molar-refractivity contribution in [2.24, 2.45) is 0 Å². The van der Waals surface area contributed by atoms with Gasteiger partial charge >= 0.3 is 0 Å². The van der Waals surface area contributed by atoms with Crippen LogP contribution in [0.15, 0.2) is 47.1 Å². The first-order chi connectivity index (χ1) is 12.7. The predicted molar refractivity (Wildman–Crippen MR) is 95.1 cm³/mol. The number of rotatable bonds is 7. The number of pyridine rings is 1. The number of methoxy groups -OCH3 is 1. The number of carbonyl (C=O) groups excluding carboxylic acids is 1. The summed E-state index contributed by atoms with van der Waals surface area (Å²) in [5.41, 5.74) is 2.32. The van der Waals surface area contributed by atoms with E-state index in [2.05, 4.69) is 20.4 Å². The van der Waals surface area contributed by atoms with E-state index in [4.69, 9.17) is 9.26 Å². The molecule has 0 bridgehead atoms. The highest BCUT2D eigenvalue weighted by Gasteiger charge is 2.13. The van der Waals surface area contributed by atoms with Crippen LogP contribution in [-0.4, -0.2) is 34.7 Å². The Hall–Kier alpha value is -3.22. The van der Waals surface area contributed by atoms with E-state index >= 15 is 0 Å². The van der Waals surface area contributed by atoms with Crippen LogP contribution in [0.2, 0.25) is 0 Å². The van der Waals surface area contributed by atoms with Gasteiger partial charge in [-0.1, -0.05) is 35.5 Å². The largest absolute Gasteiger partial charge is 0.494 e. The van der Waals surface area contributed by atoms with Gasteiger partial charge in [-0.05, 0) is 18.6 Å². The highest BCUT2D eigenvalue weighted by Crippen LogP contribution is 2.17. The first-order valence-corrected chi connectivity index (χ1v) is 8.30. The lowest BCUT2D eigenvalue weighted by Gasteiger charge is -2.08. The molecular weight excluding hydrogens is 332 g/mol. The number of aryl methyl sites for hydroxylation is 1. The monoisotopic (exact) mass is 352 g/mol. The minimum atomic E-state index is -0.226. The lowest BCUT2D eigenvalue weighted by molar-refractivity contribution is 0.0950. The summed E-state index contributed by atoms with van der Waals surface area (Å²) >= 11 is 0. The number of ether oxygens (including phenoxy) is 1. The third-order valence-electron chi connectivity index (χ3n) is 3.81. The van der Waals surface area contributed by atoms with E-state index in [1.807, 2.05) is 37.3 Å². The molecule has 134 valence electrons. The van der Waals surface area contributed by atoms with Gasteiger partial charge in [-0.2, -0.15) is 4.98 Å². The van der Waals surface area contributed by atoms with E-state index in [1.165, 1.54) is 13.3 Å². The molecule has 0 atom stereocenters. The number of nitrogens with zero attached hydrogens (tertiary/aromatic N) is 3. The summed E-state index contributed by atoms with van der Waals surface area (Å²) < 4.78 is 10.4. The van der Waals surface area contributed by atoms with Crippen molar-refractivity contribution in [1.82, 2.24) is 20.4 Å². The van der Waals surface area contributed by atoms with Crippen LogP contribution in [0.3, 0.4) is 0 Å². The molecule has 1 aromatic carbocycles. The quantitative estimate of drug-likeness (QED) is 0.702. The first-order valence-electron chi connectivity index (χ1n) is 8.30. The second kappa shape index (κ2) is 8.24. The van der Waals surface area contributed by atoms with Crippen LogP contribution in [0.5, 0.6) is 5.75 Å². The number of aromatic nitrogens is 3. The average Bonchev–Trinajstić information content (AvgIpc) is 3.09. The van der Waals surface area contributed by atoms with Gasteiger partial charge in [-0.15, -0.1) is 0 Å². The summed E-state index contributed by atoms with van der Waals surface area (Å²) in [6.45, 7) is 2.21. The molecule has 2 aromatic heterocycles. The molecule has 0 aliphatic rings. The third kappa shape index (κ3) is 4.44. The van der Waals surface area contributed by atoms with Gasteiger partial charge in [0.25, 0.3) is 5.91 Å². The van der Waals surface area contributed by atoms with E-state index in [0.29, 0.717) is 42.4 Å². The van der Waals surface area contributed by atoms with Gasteiger partial charge < -0.3 is 14.6 Å². The Bertz CT molecular complexity index is 878. The molecule has 0 radical (unpaired) electrons. The molecule has 1 amide bonds. The molecule has 0 spiro atoms. The number of carbonyl (C=O) groups is 1. The molecule has 3 rings (SSSR count). The summed E-state index contributed by atoms with van der Waals surface area (Å²) in [6.07, 6.45) is 2.61. The lowest BCUT2D eigenvalue weighted by atomic mass is 10.1. The van der Waals surface area contributed by atoms with E-state index < -0.39 is 0 Å². The fraction of sp³-hybridized carbons (Fsp3) is 0.263. The summed E-state index contributed by atoms with van der Waals surface area (Å²) in [4.78, 5) is 20.8. The zero-order chi connectivity index (χ0) is 18.4. The Balaban J connectivity index is 1.54. The van der Waals surface area contributed by atoms with Gasteiger partial charge in [0.15, 0.2) is 5.82 Å². The summed E-state index contributed by atoms with van der Waals surface area (Å²) in [5, 5.41) is 6.81. The minimum Gasteiger partial charge on any atom is -0.494 e. The molecule has 7 nitrogen and oxygen atoms in total. The first kappa shape index (κ1) is 17.6. The van der Waals surface area contributed by atoms with Crippen molar-refractivity contribution in [2.45, 2.75) is 19.8 Å². The van der Waals surface area contributed by atoms with E-state index in [9.17, 15) is 4.79 Å². The Morgan fingerprint density at radius 3 is 2.85 bits per heavy atom. The maximum Gasteiger partial charge on any atom is 0.255 e. The van der Waals surface area contributed by atoms with Gasteiger partial charge in [0.2, 0.25) is 5.89 Å². The van der Waals surface area contributed by atoms with E-state index in [-0.39, 0.29) is 5.91 Å². The molecule has 7 heteroatoms. The third-order valence-corrected chi connectivity index (χ3v) is 3.81. The molecule has 0 aliphatic heterocycles. The van der Waals surface area contributed by atoms with Gasteiger partial charge in [-0.3, -0.25) is 9.78 Å². The molecule has 1 N–H and O–H groups in total. The normalized spacial score (nSPS) is 10.5. The van der Waals surface area contributed by atoms with Gasteiger partial charge in [0.05, 0.1) is 18.9 Å². The maximum atomic E-state index is 12.3. The van der Waals surface area contributed by atoms with Crippen molar-refractivity contribution < 1.29 is 14.1 Å². The maximum absolute atomic E-state index is 12.3. The summed E-state index contributed by atoms with van der Waals surface area (Å²) in [6, 6.07) is 11.6. The van der Waals surface area contributed by atoms with E-state index in [0.717, 1.165) is 11.3 Å². The van der Waals surface area contributed by atoms with Crippen LogP contribution < -0.4 is 10.1 Å². The van der Waals surface area contributed by atoms with Crippen LogP contribution >= 0.6 is 0 Å². The van der Waals surface area contributed by atoms with Crippen LogP contribution in [0.25, 0.3) is 0 Å². The van der Waals surface area contributed by atoms with Crippen LogP contribution in [0.4, 0.5) is 0 Å². The number of hydrogen-bond donors (Lipinski definition) is 1. The van der Waals surface area contributed by atoms with Crippen LogP contribution in [0.1, 0.15) is 33.3 Å².